The fraction of sp³-hybridized carbons (Fsp3) is 0.517. The molecule has 1 saturated carbocycles. The van der Waals surface area contributed by atoms with Crippen LogP contribution in [0.3, 0.4) is 0 Å². The number of alkyl halides is 2. The third-order valence-corrected chi connectivity index (χ3v) is 7.39. The number of imidazole rings is 1. The van der Waals surface area contributed by atoms with E-state index in [1.807, 2.05) is 0 Å². The van der Waals surface area contributed by atoms with Crippen molar-refractivity contribution in [3.63, 3.8) is 0 Å². The maximum atomic E-state index is 15.9. The predicted molar refractivity (Wildman–Crippen MR) is 145 cm³/mol. The molecule has 13 heteroatoms. The van der Waals surface area contributed by atoms with Gasteiger partial charge in [-0.05, 0) is 59.6 Å². The van der Waals surface area contributed by atoms with Gasteiger partial charge >= 0.3 is 6.09 Å². The summed E-state index contributed by atoms with van der Waals surface area (Å²) < 4.78 is 64.0. The van der Waals surface area contributed by atoms with E-state index in [1.165, 1.54) is 24.4 Å². The Balaban J connectivity index is 1.40. The van der Waals surface area contributed by atoms with Crippen LogP contribution in [0.4, 0.5) is 28.0 Å². The predicted octanol–water partition coefficient (Wildman–Crippen LogP) is 5.72. The lowest BCUT2D eigenvalue weighted by Gasteiger charge is -2.32. The number of fused-ring (bicyclic) bond motifs is 1. The molecule has 226 valence electrons. The minimum absolute atomic E-state index is 0.0622. The first-order chi connectivity index (χ1) is 19.4. The van der Waals surface area contributed by atoms with E-state index in [0.29, 0.717) is 31.6 Å². The Morgan fingerprint density at radius 1 is 1.07 bits per heavy atom. The second kappa shape index (κ2) is 10.2. The number of carbonyl (C=O) groups excluding carboxylic acids is 2. The normalized spacial score (nSPS) is 19.2. The third-order valence-electron chi connectivity index (χ3n) is 7.39. The minimum atomic E-state index is -3.09. The summed E-state index contributed by atoms with van der Waals surface area (Å²) in [6, 6.07) is 1.94. The summed E-state index contributed by atoms with van der Waals surface area (Å²) in [6.45, 7) is 8.95. The van der Waals surface area contributed by atoms with E-state index in [-0.39, 0.29) is 28.5 Å². The van der Waals surface area contributed by atoms with Gasteiger partial charge in [-0.3, -0.25) is 4.79 Å². The molecule has 1 atom stereocenters. The summed E-state index contributed by atoms with van der Waals surface area (Å²) in [4.78, 5) is 35.4. The van der Waals surface area contributed by atoms with Crippen molar-refractivity contribution in [3.05, 3.63) is 58.8 Å². The maximum Gasteiger partial charge on any atom is 0.410 e. The van der Waals surface area contributed by atoms with Gasteiger partial charge in [0.1, 0.15) is 17.1 Å². The number of halogens is 4. The number of pyridine rings is 2. The molecule has 2 fully saturated rings. The molecule has 0 aromatic carbocycles. The lowest BCUT2D eigenvalue weighted by atomic mass is 9.94. The van der Waals surface area contributed by atoms with Crippen LogP contribution in [0.2, 0.25) is 0 Å². The van der Waals surface area contributed by atoms with E-state index in [9.17, 15) is 27.9 Å². The number of hydrogen-bond donors (Lipinski definition) is 2. The van der Waals surface area contributed by atoms with Crippen molar-refractivity contribution in [2.75, 3.05) is 18.4 Å². The largest absolute Gasteiger partial charge is 0.444 e. The van der Waals surface area contributed by atoms with Crippen LogP contribution >= 0.6 is 0 Å². The van der Waals surface area contributed by atoms with Crippen molar-refractivity contribution >= 4 is 23.3 Å². The highest BCUT2D eigenvalue weighted by molar-refractivity contribution is 6.03. The van der Waals surface area contributed by atoms with Crippen molar-refractivity contribution < 1.29 is 37.0 Å². The number of ether oxygens (including phenoxy) is 1. The molecule has 9 nitrogen and oxygen atoms in total. The molecule has 5 rings (SSSR count). The zero-order chi connectivity index (χ0) is 30.8. The molecule has 3 aromatic rings. The Bertz CT molecular complexity index is 1550. The van der Waals surface area contributed by atoms with Crippen LogP contribution in [0.15, 0.2) is 24.5 Å². The molecule has 1 unspecified atom stereocenters. The van der Waals surface area contributed by atoms with E-state index in [0.717, 1.165) is 12.1 Å². The van der Waals surface area contributed by atoms with E-state index in [4.69, 9.17) is 4.74 Å². The number of hydrogen-bond acceptors (Lipinski definition) is 6. The summed E-state index contributed by atoms with van der Waals surface area (Å²) in [6.07, 6.45) is 3.21. The Morgan fingerprint density at radius 3 is 2.29 bits per heavy atom. The second-order valence-corrected chi connectivity index (χ2v) is 12.5. The van der Waals surface area contributed by atoms with Gasteiger partial charge < -0.3 is 24.5 Å². The first-order valence-corrected chi connectivity index (χ1v) is 13.7. The average molecular weight is 592 g/mol. The fourth-order valence-electron chi connectivity index (χ4n) is 5.21. The summed E-state index contributed by atoms with van der Waals surface area (Å²) in [7, 11) is 0. The second-order valence-electron chi connectivity index (χ2n) is 12.5. The van der Waals surface area contributed by atoms with Gasteiger partial charge in [0, 0.05) is 43.4 Å². The molecular formula is C29H33F4N5O4. The van der Waals surface area contributed by atoms with Crippen LogP contribution in [0.5, 0.6) is 0 Å². The monoisotopic (exact) mass is 591 g/mol. The number of nitrogens with one attached hydrogen (secondary N) is 1. The zero-order valence-corrected chi connectivity index (χ0v) is 24.0. The highest BCUT2D eigenvalue weighted by atomic mass is 19.3. The Morgan fingerprint density at radius 2 is 1.71 bits per heavy atom. The molecule has 0 radical (unpaired) electrons. The van der Waals surface area contributed by atoms with Crippen molar-refractivity contribution in [3.8, 4) is 0 Å². The lowest BCUT2D eigenvalue weighted by Crippen LogP contribution is -2.41. The van der Waals surface area contributed by atoms with Crippen LogP contribution in [-0.4, -0.2) is 61.0 Å². The summed E-state index contributed by atoms with van der Waals surface area (Å²) in [5, 5.41) is 13.3. The van der Waals surface area contributed by atoms with Crippen LogP contribution in [0, 0.1) is 11.6 Å². The third kappa shape index (κ3) is 5.92. The van der Waals surface area contributed by atoms with Gasteiger partial charge in [-0.2, -0.15) is 0 Å². The molecule has 1 aliphatic carbocycles. The smallest absolute Gasteiger partial charge is 0.410 e. The molecule has 42 heavy (non-hydrogen) atoms. The number of aromatic nitrogens is 3. The van der Waals surface area contributed by atoms with Crippen LogP contribution in [0.1, 0.15) is 93.2 Å². The number of carbonyl (C=O) groups is 2. The van der Waals surface area contributed by atoms with E-state index < -0.39 is 58.8 Å². The highest BCUT2D eigenvalue weighted by Crippen LogP contribution is 2.55. The van der Waals surface area contributed by atoms with Gasteiger partial charge in [0.25, 0.3) is 11.8 Å². The SMILES string of the molecule is CC(C)(C)OC(=O)N1CCC(c2cn3cc(NC(=O)c4ccc(F)c(C5CC5(F)F)n4)c(C(C)(C)O)c(F)c3n2)CC1. The van der Waals surface area contributed by atoms with Gasteiger partial charge in [-0.25, -0.2) is 32.3 Å². The number of aliphatic hydroxyl groups is 1. The van der Waals surface area contributed by atoms with Crippen molar-refractivity contribution in [1.82, 2.24) is 19.3 Å². The molecule has 0 bridgehead atoms. The number of rotatable bonds is 5. The van der Waals surface area contributed by atoms with Crippen LogP contribution in [0.25, 0.3) is 5.65 Å². The summed E-state index contributed by atoms with van der Waals surface area (Å²) in [5.74, 6) is -7.26. The average Bonchev–Trinajstić information content (AvgIpc) is 3.29. The Kier molecular flexibility index (Phi) is 7.23. The van der Waals surface area contributed by atoms with E-state index in [1.54, 1.807) is 31.9 Å². The zero-order valence-electron chi connectivity index (χ0n) is 24.0. The maximum absolute atomic E-state index is 15.9. The molecule has 1 saturated heterocycles. The van der Waals surface area contributed by atoms with E-state index in [2.05, 4.69) is 15.3 Å². The highest BCUT2D eigenvalue weighted by Gasteiger charge is 2.59. The molecular weight excluding hydrogens is 558 g/mol. The molecule has 2 N–H and O–H groups in total. The van der Waals surface area contributed by atoms with Gasteiger partial charge in [0.05, 0.1) is 28.6 Å². The molecule has 2 amide bonds. The number of amides is 2. The van der Waals surface area contributed by atoms with Crippen molar-refractivity contribution in [2.45, 2.75) is 82.8 Å². The standard InChI is InChI=1S/C29H33F4N5O4/c1-27(2,3)42-26(40)37-10-8-15(9-11-37)19-13-38-14-20(21(28(4,5)41)22(31)24(38)35-19)36-25(39)18-7-6-17(30)23(34-18)16-12-29(16,32)33/h6-7,13-16,41H,8-12H2,1-5H3,(H,36,39). The molecule has 1 aliphatic heterocycles. The first-order valence-electron chi connectivity index (χ1n) is 13.7. The van der Waals surface area contributed by atoms with Crippen LogP contribution < -0.4 is 5.32 Å². The number of nitrogens with zero attached hydrogens (tertiary/aromatic N) is 4. The van der Waals surface area contributed by atoms with Gasteiger partial charge in [0.2, 0.25) is 0 Å². The summed E-state index contributed by atoms with van der Waals surface area (Å²) >= 11 is 0. The summed E-state index contributed by atoms with van der Waals surface area (Å²) in [5.41, 5.74) is -3.02. The van der Waals surface area contributed by atoms with Crippen molar-refractivity contribution in [1.29, 1.82) is 0 Å². The van der Waals surface area contributed by atoms with Gasteiger partial charge in [0.15, 0.2) is 11.5 Å². The van der Waals surface area contributed by atoms with Gasteiger partial charge in [-0.1, -0.05) is 0 Å². The lowest BCUT2D eigenvalue weighted by molar-refractivity contribution is 0.0204. The number of likely N-dealkylation sites (tertiary alicyclic amines) is 1. The van der Waals surface area contributed by atoms with Gasteiger partial charge in [-0.15, -0.1) is 0 Å². The first kappa shape index (κ1) is 29.7. The topological polar surface area (TPSA) is 109 Å². The molecule has 2 aliphatic rings. The number of piperidine rings is 1. The molecule has 3 aromatic heterocycles. The fourth-order valence-corrected chi connectivity index (χ4v) is 5.21. The number of anilines is 1. The van der Waals surface area contributed by atoms with Crippen molar-refractivity contribution in [2.24, 2.45) is 0 Å². The minimum Gasteiger partial charge on any atom is -0.444 e. The Labute approximate surface area is 239 Å². The van der Waals surface area contributed by atoms with Crippen LogP contribution in [-0.2, 0) is 10.3 Å². The van der Waals surface area contributed by atoms with E-state index >= 15 is 4.39 Å². The Hall–Kier alpha value is -3.74. The molecule has 0 spiro atoms. The quantitative estimate of drug-likeness (QED) is 0.367. The molecule has 4 heterocycles.